The predicted molar refractivity (Wildman–Crippen MR) is 61.6 cm³/mol. The largest absolute Gasteiger partial charge is 0.496 e. The molecule has 1 aromatic carbocycles. The zero-order valence-electron chi connectivity index (χ0n) is 9.71. The lowest BCUT2D eigenvalue weighted by Gasteiger charge is -2.08. The number of benzene rings is 1. The Bertz CT molecular complexity index is 453. The average molecular weight is 235 g/mol. The van der Waals surface area contributed by atoms with Crippen molar-refractivity contribution in [2.24, 2.45) is 5.11 Å². The normalized spacial score (nSPS) is 9.29. The van der Waals surface area contributed by atoms with Gasteiger partial charge in [-0.05, 0) is 22.7 Å². The molecule has 1 rings (SSSR count). The number of carbonyl (C=O) groups excluding carboxylic acids is 1. The SMILES string of the molecule is COC(=O)Cc1ccc(CN=[N+]=[N-])c(OC)c1. The minimum absolute atomic E-state index is 0.189. The van der Waals surface area contributed by atoms with E-state index in [0.29, 0.717) is 5.75 Å². The van der Waals surface area contributed by atoms with Gasteiger partial charge >= 0.3 is 5.97 Å². The highest BCUT2D eigenvalue weighted by molar-refractivity contribution is 5.72. The van der Waals surface area contributed by atoms with Gasteiger partial charge in [-0.25, -0.2) is 0 Å². The van der Waals surface area contributed by atoms with Crippen LogP contribution in [0, 0.1) is 0 Å². The van der Waals surface area contributed by atoms with E-state index in [4.69, 9.17) is 10.3 Å². The van der Waals surface area contributed by atoms with Gasteiger partial charge in [-0.2, -0.15) is 0 Å². The lowest BCUT2D eigenvalue weighted by atomic mass is 10.1. The summed E-state index contributed by atoms with van der Waals surface area (Å²) in [5.41, 5.74) is 9.82. The molecule has 0 N–H and O–H groups in total. The van der Waals surface area contributed by atoms with E-state index in [1.165, 1.54) is 14.2 Å². The first-order chi connectivity index (χ1) is 8.21. The zero-order chi connectivity index (χ0) is 12.7. The van der Waals surface area contributed by atoms with Gasteiger partial charge in [-0.1, -0.05) is 17.2 Å². The first-order valence-corrected chi connectivity index (χ1v) is 4.94. The Hall–Kier alpha value is -2.20. The maximum atomic E-state index is 11.1. The van der Waals surface area contributed by atoms with Crippen LogP contribution in [-0.2, 0) is 22.5 Å². The summed E-state index contributed by atoms with van der Waals surface area (Å²) in [5.74, 6) is 0.286. The first kappa shape index (κ1) is 12.9. The summed E-state index contributed by atoms with van der Waals surface area (Å²) in [4.78, 5) is 13.8. The Morgan fingerprint density at radius 2 is 2.24 bits per heavy atom. The molecule has 1 aromatic rings. The molecule has 0 unspecified atom stereocenters. The standard InChI is InChI=1S/C11H13N3O3/c1-16-10-5-8(6-11(15)17-2)3-4-9(10)7-13-14-12/h3-5H,6-7H2,1-2H3. The number of esters is 1. The molecule has 0 amide bonds. The highest BCUT2D eigenvalue weighted by Crippen LogP contribution is 2.21. The van der Waals surface area contributed by atoms with Crippen LogP contribution in [0.15, 0.2) is 23.3 Å². The fourth-order valence-corrected chi connectivity index (χ4v) is 1.38. The van der Waals surface area contributed by atoms with E-state index in [2.05, 4.69) is 14.8 Å². The van der Waals surface area contributed by atoms with Crippen LogP contribution in [0.2, 0.25) is 0 Å². The van der Waals surface area contributed by atoms with E-state index in [-0.39, 0.29) is 18.9 Å². The van der Waals surface area contributed by atoms with Crippen molar-refractivity contribution in [3.63, 3.8) is 0 Å². The van der Waals surface area contributed by atoms with E-state index in [1.807, 2.05) is 0 Å². The van der Waals surface area contributed by atoms with E-state index < -0.39 is 0 Å². The van der Waals surface area contributed by atoms with Crippen molar-refractivity contribution in [2.45, 2.75) is 13.0 Å². The summed E-state index contributed by atoms with van der Waals surface area (Å²) < 4.78 is 9.74. The molecule has 0 aliphatic rings. The zero-order valence-corrected chi connectivity index (χ0v) is 9.71. The van der Waals surface area contributed by atoms with Crippen molar-refractivity contribution in [3.05, 3.63) is 39.8 Å². The summed E-state index contributed by atoms with van der Waals surface area (Å²) in [6.45, 7) is 0.220. The minimum atomic E-state index is -0.310. The second-order valence-corrected chi connectivity index (χ2v) is 3.29. The van der Waals surface area contributed by atoms with Crippen molar-refractivity contribution in [1.82, 2.24) is 0 Å². The van der Waals surface area contributed by atoms with Crippen LogP contribution >= 0.6 is 0 Å². The summed E-state index contributed by atoms with van der Waals surface area (Å²) in [5, 5.41) is 3.47. The van der Waals surface area contributed by atoms with Crippen LogP contribution in [0.1, 0.15) is 11.1 Å². The van der Waals surface area contributed by atoms with E-state index in [1.54, 1.807) is 18.2 Å². The Morgan fingerprint density at radius 3 is 2.82 bits per heavy atom. The molecule has 0 heterocycles. The number of azide groups is 1. The summed E-state index contributed by atoms with van der Waals surface area (Å²) in [6.07, 6.45) is 0.189. The average Bonchev–Trinajstić information content (AvgIpc) is 2.36. The van der Waals surface area contributed by atoms with E-state index >= 15 is 0 Å². The van der Waals surface area contributed by atoms with E-state index in [9.17, 15) is 4.79 Å². The fourth-order valence-electron chi connectivity index (χ4n) is 1.38. The number of carbonyl (C=O) groups is 1. The van der Waals surface area contributed by atoms with Gasteiger partial charge in [-0.3, -0.25) is 4.79 Å². The summed E-state index contributed by atoms with van der Waals surface area (Å²) in [7, 11) is 2.87. The number of hydrogen-bond acceptors (Lipinski definition) is 4. The van der Waals surface area contributed by atoms with E-state index in [0.717, 1.165) is 11.1 Å². The first-order valence-electron chi connectivity index (χ1n) is 4.94. The number of ether oxygens (including phenoxy) is 2. The Labute approximate surface area is 98.8 Å². The molecule has 0 aliphatic heterocycles. The van der Waals surface area contributed by atoms with Gasteiger partial charge in [0.2, 0.25) is 0 Å². The molecule has 0 saturated heterocycles. The molecule has 0 aromatic heterocycles. The fraction of sp³-hybridized carbons (Fsp3) is 0.364. The Kier molecular flexibility index (Phi) is 4.84. The molecule has 17 heavy (non-hydrogen) atoms. The van der Waals surface area contributed by atoms with Gasteiger partial charge in [0.25, 0.3) is 0 Å². The maximum Gasteiger partial charge on any atom is 0.309 e. The molecule has 6 heteroatoms. The van der Waals surface area contributed by atoms with Gasteiger partial charge in [0.15, 0.2) is 0 Å². The lowest BCUT2D eigenvalue weighted by Crippen LogP contribution is -2.05. The third kappa shape index (κ3) is 3.70. The third-order valence-corrected chi connectivity index (χ3v) is 2.23. The van der Waals surface area contributed by atoms with Crippen molar-refractivity contribution in [2.75, 3.05) is 14.2 Å². The molecule has 0 aliphatic carbocycles. The van der Waals surface area contributed by atoms with Crippen molar-refractivity contribution < 1.29 is 14.3 Å². The lowest BCUT2D eigenvalue weighted by molar-refractivity contribution is -0.139. The smallest absolute Gasteiger partial charge is 0.309 e. The number of methoxy groups -OCH3 is 2. The van der Waals surface area contributed by atoms with Crippen molar-refractivity contribution in [3.8, 4) is 5.75 Å². The number of rotatable bonds is 5. The second kappa shape index (κ2) is 6.40. The molecule has 6 nitrogen and oxygen atoms in total. The predicted octanol–water partition coefficient (Wildman–Crippen LogP) is 2.22. The van der Waals surface area contributed by atoms with Crippen LogP contribution in [0.4, 0.5) is 0 Å². The van der Waals surface area contributed by atoms with Gasteiger partial charge in [-0.15, -0.1) is 0 Å². The molecule has 90 valence electrons. The molecule has 0 atom stereocenters. The molecular weight excluding hydrogens is 222 g/mol. The van der Waals surface area contributed by atoms with Crippen LogP contribution in [0.3, 0.4) is 0 Å². The molecule has 0 saturated carbocycles. The van der Waals surface area contributed by atoms with Crippen molar-refractivity contribution in [1.29, 1.82) is 0 Å². The molecule has 0 fully saturated rings. The maximum absolute atomic E-state index is 11.1. The van der Waals surface area contributed by atoms with Gasteiger partial charge in [0.05, 0.1) is 27.2 Å². The number of hydrogen-bond donors (Lipinski definition) is 0. The third-order valence-electron chi connectivity index (χ3n) is 2.23. The minimum Gasteiger partial charge on any atom is -0.496 e. The van der Waals surface area contributed by atoms with Gasteiger partial charge in [0.1, 0.15) is 5.75 Å². The van der Waals surface area contributed by atoms with Crippen LogP contribution in [0.5, 0.6) is 5.75 Å². The Morgan fingerprint density at radius 1 is 1.47 bits per heavy atom. The van der Waals surface area contributed by atoms with Gasteiger partial charge < -0.3 is 9.47 Å². The topological polar surface area (TPSA) is 84.3 Å². The summed E-state index contributed by atoms with van der Waals surface area (Å²) in [6, 6.07) is 5.28. The highest BCUT2D eigenvalue weighted by Gasteiger charge is 2.07. The van der Waals surface area contributed by atoms with Crippen molar-refractivity contribution >= 4 is 5.97 Å². The molecule has 0 radical (unpaired) electrons. The van der Waals surface area contributed by atoms with Crippen LogP contribution in [-0.4, -0.2) is 20.2 Å². The monoisotopic (exact) mass is 235 g/mol. The number of nitrogens with zero attached hydrogens (tertiary/aromatic N) is 3. The molecule has 0 spiro atoms. The second-order valence-electron chi connectivity index (χ2n) is 3.29. The Balaban J connectivity index is 2.91. The highest BCUT2D eigenvalue weighted by atomic mass is 16.5. The molecule has 0 bridgehead atoms. The quantitative estimate of drug-likeness (QED) is 0.339. The summed E-state index contributed by atoms with van der Waals surface area (Å²) >= 11 is 0. The van der Waals surface area contributed by atoms with Crippen LogP contribution in [0.25, 0.3) is 10.4 Å². The van der Waals surface area contributed by atoms with Crippen LogP contribution < -0.4 is 4.74 Å². The van der Waals surface area contributed by atoms with Gasteiger partial charge in [0, 0.05) is 4.91 Å². The molecular formula is C11H13N3O3.